The van der Waals surface area contributed by atoms with Crippen LogP contribution in [0.4, 0.5) is 0 Å². The molecule has 31 heavy (non-hydrogen) atoms. The van der Waals surface area contributed by atoms with Crippen molar-refractivity contribution >= 4 is 17.5 Å². The summed E-state index contributed by atoms with van der Waals surface area (Å²) in [5.41, 5.74) is 2.60. The van der Waals surface area contributed by atoms with E-state index in [9.17, 15) is 9.59 Å². The zero-order valence-electron chi connectivity index (χ0n) is 18.7. The molecule has 8 nitrogen and oxygen atoms in total. The summed E-state index contributed by atoms with van der Waals surface area (Å²) in [6.45, 7) is 6.91. The predicted octanol–water partition coefficient (Wildman–Crippen LogP) is 2.52. The number of aryl methyl sites for hydroxylation is 1. The van der Waals surface area contributed by atoms with Crippen LogP contribution >= 0.6 is 0 Å². The van der Waals surface area contributed by atoms with Crippen LogP contribution in [0.3, 0.4) is 0 Å². The highest BCUT2D eigenvalue weighted by molar-refractivity contribution is 5.97. The molecule has 0 radical (unpaired) electrons. The minimum Gasteiger partial charge on any atom is -0.383 e. The van der Waals surface area contributed by atoms with Crippen LogP contribution < -0.4 is 5.32 Å². The fraction of sp³-hybridized carbons (Fsp3) is 0.565. The molecule has 1 N–H and O–H groups in total. The van der Waals surface area contributed by atoms with Gasteiger partial charge in [-0.1, -0.05) is 11.6 Å². The average Bonchev–Trinajstić information content (AvgIpc) is 3.46. The van der Waals surface area contributed by atoms with Crippen LogP contribution in [0.1, 0.15) is 55.6 Å². The molecule has 2 saturated heterocycles. The Morgan fingerprint density at radius 1 is 1.35 bits per heavy atom. The predicted molar refractivity (Wildman–Crippen MR) is 117 cm³/mol. The number of carbonyl (C=O) groups is 2. The number of allylic oxidation sites excluding steroid dienone is 2. The normalized spacial score (nSPS) is 24.6. The summed E-state index contributed by atoms with van der Waals surface area (Å²) < 4.78 is 6.79. The smallest absolute Gasteiger partial charge is 0.257 e. The largest absolute Gasteiger partial charge is 0.383 e. The van der Waals surface area contributed by atoms with E-state index in [1.807, 2.05) is 31.7 Å². The first-order valence-electron chi connectivity index (χ1n) is 10.9. The monoisotopic (exact) mass is 425 g/mol. The summed E-state index contributed by atoms with van der Waals surface area (Å²) in [7, 11) is 1.62. The van der Waals surface area contributed by atoms with E-state index in [4.69, 9.17) is 4.74 Å². The van der Waals surface area contributed by atoms with E-state index >= 15 is 0 Å². The molecular formula is C23H31N5O3. The fourth-order valence-corrected chi connectivity index (χ4v) is 5.21. The highest BCUT2D eigenvalue weighted by Crippen LogP contribution is 2.52. The highest BCUT2D eigenvalue weighted by Gasteiger charge is 2.60. The number of hydrogen-bond donors (Lipinski definition) is 1. The van der Waals surface area contributed by atoms with Gasteiger partial charge >= 0.3 is 0 Å². The molecule has 0 unspecified atom stereocenters. The maximum absolute atomic E-state index is 13.7. The van der Waals surface area contributed by atoms with E-state index in [1.165, 1.54) is 5.57 Å². The van der Waals surface area contributed by atoms with Crippen LogP contribution in [0.2, 0.25) is 0 Å². The maximum atomic E-state index is 13.7. The first-order chi connectivity index (χ1) is 14.9. The van der Waals surface area contributed by atoms with Gasteiger partial charge in [-0.3, -0.25) is 9.59 Å². The van der Waals surface area contributed by atoms with E-state index in [2.05, 4.69) is 21.5 Å². The number of carbonyl (C=O) groups excluding carboxylic acids is 2. The molecule has 4 rings (SSSR count). The minimum atomic E-state index is -0.610. The summed E-state index contributed by atoms with van der Waals surface area (Å²) >= 11 is 0. The lowest BCUT2D eigenvalue weighted by molar-refractivity contribution is -0.132. The van der Waals surface area contributed by atoms with Gasteiger partial charge in [-0.05, 0) is 46.5 Å². The van der Waals surface area contributed by atoms with Crippen molar-refractivity contribution in [1.29, 1.82) is 0 Å². The van der Waals surface area contributed by atoms with Crippen molar-refractivity contribution in [3.63, 3.8) is 0 Å². The summed E-state index contributed by atoms with van der Waals surface area (Å²) in [4.78, 5) is 33.4. The molecule has 2 aromatic heterocycles. The van der Waals surface area contributed by atoms with E-state index < -0.39 is 5.41 Å². The van der Waals surface area contributed by atoms with Gasteiger partial charge in [-0.15, -0.1) is 0 Å². The number of methoxy groups -OCH3 is 1. The average molecular weight is 426 g/mol. The molecule has 8 heteroatoms. The molecule has 0 aromatic carbocycles. The van der Waals surface area contributed by atoms with Gasteiger partial charge < -0.3 is 15.0 Å². The molecule has 166 valence electrons. The molecule has 2 aromatic rings. The second-order valence-electron chi connectivity index (χ2n) is 8.91. The van der Waals surface area contributed by atoms with Gasteiger partial charge in [0.1, 0.15) is 0 Å². The minimum absolute atomic E-state index is 0.0180. The third-order valence-electron chi connectivity index (χ3n) is 6.78. The zero-order valence-corrected chi connectivity index (χ0v) is 18.7. The van der Waals surface area contributed by atoms with Crippen molar-refractivity contribution in [2.45, 2.75) is 58.5 Å². The van der Waals surface area contributed by atoms with Crippen molar-refractivity contribution in [3.05, 3.63) is 41.4 Å². The lowest BCUT2D eigenvalue weighted by Gasteiger charge is -2.35. The summed E-state index contributed by atoms with van der Waals surface area (Å²) in [5.74, 6) is -0.0388. The third-order valence-corrected chi connectivity index (χ3v) is 6.78. The number of hydrogen-bond acceptors (Lipinski definition) is 5. The topological polar surface area (TPSA) is 88.8 Å². The number of rotatable bonds is 7. The molecular weight excluding hydrogens is 394 g/mol. The van der Waals surface area contributed by atoms with Crippen molar-refractivity contribution < 1.29 is 14.3 Å². The lowest BCUT2D eigenvalue weighted by Crippen LogP contribution is -2.50. The molecule has 2 fully saturated rings. The molecule has 2 bridgehead atoms. The van der Waals surface area contributed by atoms with Crippen LogP contribution in [-0.2, 0) is 9.53 Å². The van der Waals surface area contributed by atoms with Crippen LogP contribution in [-0.4, -0.2) is 63.7 Å². The van der Waals surface area contributed by atoms with E-state index in [0.29, 0.717) is 37.2 Å². The molecule has 0 spiro atoms. The molecule has 2 aliphatic rings. The highest BCUT2D eigenvalue weighted by atomic mass is 16.5. The first-order valence-corrected chi connectivity index (χ1v) is 10.9. The Balaban J connectivity index is 1.66. The Labute approximate surface area is 182 Å². The van der Waals surface area contributed by atoms with E-state index in [0.717, 1.165) is 18.5 Å². The lowest BCUT2D eigenvalue weighted by atomic mass is 9.70. The maximum Gasteiger partial charge on any atom is 0.257 e. The summed E-state index contributed by atoms with van der Waals surface area (Å²) in [6, 6.07) is 1.75. The van der Waals surface area contributed by atoms with Gasteiger partial charge in [0.05, 0.1) is 29.5 Å². The van der Waals surface area contributed by atoms with Crippen molar-refractivity contribution in [2.24, 2.45) is 5.41 Å². The Kier molecular flexibility index (Phi) is 5.83. The number of ether oxygens (including phenoxy) is 1. The fourth-order valence-electron chi connectivity index (χ4n) is 5.21. The Morgan fingerprint density at radius 2 is 2.16 bits per heavy atom. The SMILES string of the molecule is COCCNC(=O)[C@@]1(CC=C(C)C)C[C@H]2CC[C@@H]1N2C(=O)c1cnc2ccnn2c1C. The van der Waals surface area contributed by atoms with Gasteiger partial charge in [0.15, 0.2) is 5.65 Å². The molecule has 3 atom stereocenters. The molecule has 2 amide bonds. The number of nitrogens with zero attached hydrogens (tertiary/aromatic N) is 4. The Hall–Kier alpha value is -2.74. The second kappa shape index (κ2) is 8.42. The van der Waals surface area contributed by atoms with E-state index in [-0.39, 0.29) is 23.9 Å². The van der Waals surface area contributed by atoms with E-state index in [1.54, 1.807) is 24.0 Å². The number of aromatic nitrogens is 3. The molecule has 0 aliphatic carbocycles. The third kappa shape index (κ3) is 3.63. The van der Waals surface area contributed by atoms with Gasteiger partial charge in [0.2, 0.25) is 5.91 Å². The quantitative estimate of drug-likeness (QED) is 0.544. The van der Waals surface area contributed by atoms with Crippen molar-refractivity contribution in [2.75, 3.05) is 20.3 Å². The van der Waals surface area contributed by atoms with Crippen LogP contribution in [0.5, 0.6) is 0 Å². The van der Waals surface area contributed by atoms with Crippen molar-refractivity contribution in [3.8, 4) is 0 Å². The van der Waals surface area contributed by atoms with Gasteiger partial charge in [-0.25, -0.2) is 9.50 Å². The van der Waals surface area contributed by atoms with Gasteiger partial charge in [-0.2, -0.15) is 5.10 Å². The summed E-state index contributed by atoms with van der Waals surface area (Å²) in [5, 5.41) is 7.34. The molecule has 2 aliphatic heterocycles. The van der Waals surface area contributed by atoms with Crippen LogP contribution in [0, 0.1) is 12.3 Å². The van der Waals surface area contributed by atoms with Crippen LogP contribution in [0.15, 0.2) is 30.1 Å². The number of amides is 2. The van der Waals surface area contributed by atoms with Gasteiger partial charge in [0.25, 0.3) is 5.91 Å². The second-order valence-corrected chi connectivity index (χ2v) is 8.91. The Bertz CT molecular complexity index is 1030. The molecule has 4 heterocycles. The number of nitrogens with one attached hydrogen (secondary N) is 1. The molecule has 0 saturated carbocycles. The van der Waals surface area contributed by atoms with Gasteiger partial charge in [0, 0.05) is 38.0 Å². The van der Waals surface area contributed by atoms with Crippen LogP contribution in [0.25, 0.3) is 5.65 Å². The standard InChI is InChI=1S/C23H31N5O3/c1-15(2)7-9-23(22(30)24-11-12-31-4)13-17-5-6-19(23)27(17)21(29)18-14-25-20-8-10-26-28(20)16(18)3/h7-8,10,14,17,19H,5-6,9,11-13H2,1-4H3,(H,24,30)/t17-,19+,23+/m1/s1. The Morgan fingerprint density at radius 3 is 2.90 bits per heavy atom. The number of fused-ring (bicyclic) bond motifs is 3. The van der Waals surface area contributed by atoms with Crippen molar-refractivity contribution in [1.82, 2.24) is 24.8 Å². The first kappa shape index (κ1) is 21.5. The summed E-state index contributed by atoms with van der Waals surface area (Å²) in [6.07, 6.45) is 8.52. The zero-order chi connectivity index (χ0) is 22.2.